The molecule has 3 aromatic rings. The van der Waals surface area contributed by atoms with E-state index in [1.165, 1.54) is 11.8 Å². The third-order valence-electron chi connectivity index (χ3n) is 8.34. The number of likely N-dealkylation sites (tertiary alicyclic amines) is 1. The van der Waals surface area contributed by atoms with Crippen molar-refractivity contribution in [2.24, 2.45) is 5.92 Å². The molecule has 2 aromatic carbocycles. The van der Waals surface area contributed by atoms with Crippen LogP contribution in [0.1, 0.15) is 58.9 Å². The average Bonchev–Trinajstić information content (AvgIpc) is 3.29. The van der Waals surface area contributed by atoms with Gasteiger partial charge in [0.25, 0.3) is 0 Å². The van der Waals surface area contributed by atoms with Crippen molar-refractivity contribution in [3.05, 3.63) is 82.7 Å². The van der Waals surface area contributed by atoms with Gasteiger partial charge in [0.15, 0.2) is 0 Å². The van der Waals surface area contributed by atoms with E-state index in [9.17, 15) is 14.7 Å². The summed E-state index contributed by atoms with van der Waals surface area (Å²) >= 11 is 0. The van der Waals surface area contributed by atoms with Crippen molar-refractivity contribution >= 4 is 17.8 Å². The maximum absolute atomic E-state index is 13.6. The SMILES string of the molecule is CCc1ccc(CCc2nc(N3C[C@H]4CCCCN(C(=O)Cc5ccccc5OC)[C@H]4C3)ncc2C(=O)O)cc1. The lowest BCUT2D eigenvalue weighted by Crippen LogP contribution is -2.45. The van der Waals surface area contributed by atoms with Gasteiger partial charge in [0.2, 0.25) is 11.9 Å². The minimum absolute atomic E-state index is 0.0768. The first-order valence-electron chi connectivity index (χ1n) is 14.3. The molecule has 1 N–H and O–H groups in total. The predicted molar refractivity (Wildman–Crippen MR) is 154 cm³/mol. The van der Waals surface area contributed by atoms with Gasteiger partial charge < -0.3 is 19.6 Å². The van der Waals surface area contributed by atoms with Crippen LogP contribution in [0, 0.1) is 5.92 Å². The molecule has 0 bridgehead atoms. The molecule has 0 radical (unpaired) electrons. The van der Waals surface area contributed by atoms with E-state index >= 15 is 0 Å². The zero-order valence-electron chi connectivity index (χ0n) is 23.4. The molecule has 2 atom stereocenters. The van der Waals surface area contributed by atoms with Crippen molar-refractivity contribution in [3.8, 4) is 5.75 Å². The van der Waals surface area contributed by atoms with E-state index in [4.69, 9.17) is 9.72 Å². The fourth-order valence-corrected chi connectivity index (χ4v) is 6.06. The summed E-state index contributed by atoms with van der Waals surface area (Å²) in [5, 5.41) is 9.79. The van der Waals surface area contributed by atoms with Crippen LogP contribution in [0.25, 0.3) is 0 Å². The molecule has 210 valence electrons. The molecule has 0 saturated carbocycles. The number of methoxy groups -OCH3 is 1. The number of carboxylic acids is 1. The van der Waals surface area contributed by atoms with Gasteiger partial charge in [-0.05, 0) is 55.2 Å². The van der Waals surface area contributed by atoms with Gasteiger partial charge in [-0.25, -0.2) is 14.8 Å². The number of aromatic carboxylic acids is 1. The summed E-state index contributed by atoms with van der Waals surface area (Å²) in [6, 6.07) is 16.2. The molecule has 40 heavy (non-hydrogen) atoms. The quantitative estimate of drug-likeness (QED) is 0.423. The van der Waals surface area contributed by atoms with Crippen LogP contribution in [0.3, 0.4) is 0 Å². The topological polar surface area (TPSA) is 95.9 Å². The van der Waals surface area contributed by atoms with Gasteiger partial charge in [0.05, 0.1) is 30.8 Å². The number of aromatic nitrogens is 2. The molecule has 2 fully saturated rings. The summed E-state index contributed by atoms with van der Waals surface area (Å²) in [6.45, 7) is 4.27. The van der Waals surface area contributed by atoms with Gasteiger partial charge >= 0.3 is 5.97 Å². The van der Waals surface area contributed by atoms with Gasteiger partial charge in [-0.3, -0.25) is 4.79 Å². The Hall–Kier alpha value is -3.94. The maximum atomic E-state index is 13.6. The van der Waals surface area contributed by atoms with Crippen LogP contribution < -0.4 is 9.64 Å². The predicted octanol–water partition coefficient (Wildman–Crippen LogP) is 4.59. The molecule has 8 nitrogen and oxygen atoms in total. The Balaban J connectivity index is 1.33. The van der Waals surface area contributed by atoms with E-state index in [0.29, 0.717) is 43.4 Å². The molecule has 0 aliphatic carbocycles. The monoisotopic (exact) mass is 542 g/mol. The number of amides is 1. The van der Waals surface area contributed by atoms with Crippen molar-refractivity contribution in [3.63, 3.8) is 0 Å². The van der Waals surface area contributed by atoms with E-state index in [0.717, 1.165) is 55.6 Å². The number of hydrogen-bond donors (Lipinski definition) is 1. The molecule has 1 aromatic heterocycles. The number of nitrogens with zero attached hydrogens (tertiary/aromatic N) is 4. The number of aryl methyl sites for hydroxylation is 3. The van der Waals surface area contributed by atoms with Gasteiger partial charge in [0, 0.05) is 31.4 Å². The van der Waals surface area contributed by atoms with E-state index in [2.05, 4.69) is 46.0 Å². The first-order valence-corrected chi connectivity index (χ1v) is 14.3. The maximum Gasteiger partial charge on any atom is 0.339 e. The molecular weight excluding hydrogens is 504 g/mol. The van der Waals surface area contributed by atoms with E-state index in [-0.39, 0.29) is 17.5 Å². The number of carboxylic acid groups (broad SMARTS) is 1. The average molecular weight is 543 g/mol. The summed E-state index contributed by atoms with van der Waals surface area (Å²) in [5.74, 6) is 0.706. The van der Waals surface area contributed by atoms with Crippen LogP contribution in [-0.4, -0.2) is 64.6 Å². The molecular formula is C32H38N4O4. The van der Waals surface area contributed by atoms with Crippen molar-refractivity contribution in [2.75, 3.05) is 31.6 Å². The lowest BCUT2D eigenvalue weighted by Gasteiger charge is -2.30. The highest BCUT2D eigenvalue weighted by Gasteiger charge is 2.40. The van der Waals surface area contributed by atoms with Crippen molar-refractivity contribution in [1.29, 1.82) is 0 Å². The first-order chi connectivity index (χ1) is 19.5. The molecule has 8 heteroatoms. The molecule has 2 saturated heterocycles. The summed E-state index contributed by atoms with van der Waals surface area (Å²) < 4.78 is 5.48. The summed E-state index contributed by atoms with van der Waals surface area (Å²) in [7, 11) is 1.63. The Kier molecular flexibility index (Phi) is 8.63. The van der Waals surface area contributed by atoms with Crippen LogP contribution >= 0.6 is 0 Å². The van der Waals surface area contributed by atoms with E-state index < -0.39 is 5.97 Å². The van der Waals surface area contributed by atoms with Gasteiger partial charge in [-0.15, -0.1) is 0 Å². The Bertz CT molecular complexity index is 1340. The molecule has 0 spiro atoms. The number of rotatable bonds is 9. The third kappa shape index (κ3) is 6.11. The number of para-hydroxylation sites is 1. The third-order valence-corrected chi connectivity index (χ3v) is 8.34. The lowest BCUT2D eigenvalue weighted by atomic mass is 9.98. The summed E-state index contributed by atoms with van der Waals surface area (Å²) in [4.78, 5) is 39.0. The summed E-state index contributed by atoms with van der Waals surface area (Å²) in [5.41, 5.74) is 4.03. The molecule has 2 aliphatic rings. The van der Waals surface area contributed by atoms with E-state index in [1.54, 1.807) is 7.11 Å². The fourth-order valence-electron chi connectivity index (χ4n) is 6.06. The number of carbonyl (C=O) groups excluding carboxylic acids is 1. The Labute approximate surface area is 236 Å². The van der Waals surface area contributed by atoms with E-state index in [1.807, 2.05) is 24.3 Å². The van der Waals surface area contributed by atoms with Crippen LogP contribution in [0.2, 0.25) is 0 Å². The normalized spacial score (nSPS) is 18.8. The fraction of sp³-hybridized carbons (Fsp3) is 0.438. The number of anilines is 1. The second-order valence-electron chi connectivity index (χ2n) is 10.8. The highest BCUT2D eigenvalue weighted by atomic mass is 16.5. The van der Waals surface area contributed by atoms with Gasteiger partial charge in [0.1, 0.15) is 5.75 Å². The molecule has 5 rings (SSSR count). The van der Waals surface area contributed by atoms with Crippen LogP contribution in [-0.2, 0) is 30.5 Å². The number of fused-ring (bicyclic) bond motifs is 1. The number of ether oxygens (including phenoxy) is 1. The minimum Gasteiger partial charge on any atom is -0.496 e. The standard InChI is InChI=1S/C32H38N4O4/c1-3-22-11-13-23(14-12-22)15-16-27-26(31(38)39)19-33-32(34-27)35-20-25-9-6-7-17-36(28(25)21-35)30(37)18-24-8-4-5-10-29(24)40-2/h4-5,8,10-14,19,25,28H,3,6-7,9,15-18,20-21H2,1-2H3,(H,38,39)/t25-,28+/m1/s1. The Morgan fingerprint density at radius 1 is 1.02 bits per heavy atom. The van der Waals surface area contributed by atoms with Crippen molar-refractivity contribution in [1.82, 2.24) is 14.9 Å². The molecule has 1 amide bonds. The highest BCUT2D eigenvalue weighted by Crippen LogP contribution is 2.33. The Morgan fingerprint density at radius 3 is 2.55 bits per heavy atom. The smallest absolute Gasteiger partial charge is 0.339 e. The number of hydrogen-bond acceptors (Lipinski definition) is 6. The van der Waals surface area contributed by atoms with Crippen LogP contribution in [0.5, 0.6) is 5.75 Å². The highest BCUT2D eigenvalue weighted by molar-refractivity contribution is 5.88. The summed E-state index contributed by atoms with van der Waals surface area (Å²) in [6.07, 6.45) is 7.09. The second kappa shape index (κ2) is 12.5. The number of carbonyl (C=O) groups is 2. The largest absolute Gasteiger partial charge is 0.496 e. The second-order valence-corrected chi connectivity index (χ2v) is 10.8. The van der Waals surface area contributed by atoms with Crippen LogP contribution in [0.4, 0.5) is 5.95 Å². The number of benzene rings is 2. The molecule has 2 aliphatic heterocycles. The van der Waals surface area contributed by atoms with Gasteiger partial charge in [-0.1, -0.05) is 55.8 Å². The zero-order valence-corrected chi connectivity index (χ0v) is 23.4. The zero-order chi connectivity index (χ0) is 28.1. The Morgan fingerprint density at radius 2 is 1.80 bits per heavy atom. The molecule has 0 unspecified atom stereocenters. The van der Waals surface area contributed by atoms with Gasteiger partial charge in [-0.2, -0.15) is 0 Å². The lowest BCUT2D eigenvalue weighted by molar-refractivity contribution is -0.132. The van der Waals surface area contributed by atoms with Crippen LogP contribution in [0.15, 0.2) is 54.7 Å². The minimum atomic E-state index is -1.01. The molecule has 3 heterocycles. The van der Waals surface area contributed by atoms with Crippen molar-refractivity contribution < 1.29 is 19.4 Å². The van der Waals surface area contributed by atoms with Crippen molar-refractivity contribution in [2.45, 2.75) is 57.9 Å². The first kappa shape index (κ1) is 27.6.